The highest BCUT2D eigenvalue weighted by Gasteiger charge is 2.15. The number of methoxy groups -OCH3 is 2. The molecule has 0 unspecified atom stereocenters. The smallest absolute Gasteiger partial charge is 0.228 e. The van der Waals surface area contributed by atoms with Gasteiger partial charge in [-0.3, -0.25) is 4.79 Å². The second kappa shape index (κ2) is 8.42. The number of hydrogen-bond acceptors (Lipinski definition) is 5. The summed E-state index contributed by atoms with van der Waals surface area (Å²) in [7, 11) is 3.04. The molecule has 152 valence electrons. The number of anilines is 1. The van der Waals surface area contributed by atoms with E-state index in [4.69, 9.17) is 21.1 Å². The summed E-state index contributed by atoms with van der Waals surface area (Å²) in [6, 6.07) is 18.6. The zero-order valence-electron chi connectivity index (χ0n) is 16.4. The number of benzene rings is 3. The van der Waals surface area contributed by atoms with Crippen LogP contribution < -0.4 is 14.8 Å². The van der Waals surface area contributed by atoms with E-state index in [2.05, 4.69) is 15.6 Å². The van der Waals surface area contributed by atoms with Gasteiger partial charge in [0.05, 0.1) is 36.9 Å². The average Bonchev–Trinajstić information content (AvgIpc) is 3.19. The number of nitrogens with zero attached hydrogens (tertiary/aromatic N) is 3. The molecule has 0 saturated heterocycles. The van der Waals surface area contributed by atoms with E-state index in [0.29, 0.717) is 27.8 Å². The van der Waals surface area contributed by atoms with Crippen molar-refractivity contribution in [1.29, 1.82) is 0 Å². The molecule has 0 fully saturated rings. The summed E-state index contributed by atoms with van der Waals surface area (Å²) < 4.78 is 12.3. The summed E-state index contributed by atoms with van der Waals surface area (Å²) in [5.41, 5.74) is 3.91. The Hall–Kier alpha value is -3.58. The van der Waals surface area contributed by atoms with Gasteiger partial charge in [0.1, 0.15) is 5.52 Å². The largest absolute Gasteiger partial charge is 0.493 e. The van der Waals surface area contributed by atoms with Crippen LogP contribution in [0.5, 0.6) is 11.5 Å². The summed E-state index contributed by atoms with van der Waals surface area (Å²) in [6.45, 7) is 0. The normalized spacial score (nSPS) is 10.8. The number of carbonyl (C=O) groups is 1. The molecule has 1 heterocycles. The van der Waals surface area contributed by atoms with Crippen molar-refractivity contribution in [1.82, 2.24) is 15.0 Å². The van der Waals surface area contributed by atoms with Gasteiger partial charge in [0.15, 0.2) is 11.5 Å². The number of para-hydroxylation sites is 1. The first kappa shape index (κ1) is 19.7. The van der Waals surface area contributed by atoms with E-state index in [9.17, 15) is 4.79 Å². The van der Waals surface area contributed by atoms with Crippen molar-refractivity contribution < 1.29 is 14.3 Å². The molecule has 0 atom stereocenters. The molecule has 0 aliphatic heterocycles. The quantitative estimate of drug-likeness (QED) is 0.502. The Balaban J connectivity index is 1.48. The number of carbonyl (C=O) groups excluding carboxylic acids is 1. The monoisotopic (exact) mass is 422 g/mol. The molecule has 1 aromatic heterocycles. The number of amides is 1. The second-order valence-corrected chi connectivity index (χ2v) is 6.91. The van der Waals surface area contributed by atoms with Gasteiger partial charge in [0, 0.05) is 5.69 Å². The van der Waals surface area contributed by atoms with Crippen molar-refractivity contribution in [2.45, 2.75) is 6.42 Å². The van der Waals surface area contributed by atoms with Gasteiger partial charge in [0.2, 0.25) is 5.91 Å². The highest BCUT2D eigenvalue weighted by molar-refractivity contribution is 6.33. The SMILES string of the molecule is COc1ccc(CC(=O)Nc2ccc(-n3nnc4ccccc43)cc2)c(Cl)c1OC. The Morgan fingerprint density at radius 2 is 1.80 bits per heavy atom. The van der Waals surface area contributed by atoms with Crippen LogP contribution in [0.15, 0.2) is 60.7 Å². The molecule has 4 rings (SSSR count). The van der Waals surface area contributed by atoms with Crippen molar-refractivity contribution in [3.63, 3.8) is 0 Å². The standard InChI is InChI=1S/C22H19ClN4O3/c1-29-19-12-7-14(21(23)22(19)30-2)13-20(28)24-15-8-10-16(11-9-15)27-18-6-4-3-5-17(18)25-26-27/h3-12H,13H2,1-2H3,(H,24,28). The van der Waals surface area contributed by atoms with E-state index >= 15 is 0 Å². The van der Waals surface area contributed by atoms with E-state index in [1.54, 1.807) is 16.8 Å². The number of rotatable bonds is 6. The zero-order valence-corrected chi connectivity index (χ0v) is 17.2. The van der Waals surface area contributed by atoms with E-state index in [1.807, 2.05) is 48.5 Å². The number of halogens is 1. The van der Waals surface area contributed by atoms with Crippen LogP contribution in [0.1, 0.15) is 5.56 Å². The highest BCUT2D eigenvalue weighted by Crippen LogP contribution is 2.37. The fraction of sp³-hybridized carbons (Fsp3) is 0.136. The molecule has 0 saturated carbocycles. The summed E-state index contributed by atoms with van der Waals surface area (Å²) in [5.74, 6) is 0.736. The molecular weight excluding hydrogens is 404 g/mol. The first-order chi connectivity index (χ1) is 14.6. The summed E-state index contributed by atoms with van der Waals surface area (Å²) in [5, 5.41) is 11.6. The lowest BCUT2D eigenvalue weighted by Crippen LogP contribution is -2.15. The third-order valence-corrected chi connectivity index (χ3v) is 5.08. The Morgan fingerprint density at radius 3 is 2.53 bits per heavy atom. The molecule has 0 aliphatic carbocycles. The molecule has 1 amide bonds. The van der Waals surface area contributed by atoms with Gasteiger partial charge < -0.3 is 14.8 Å². The van der Waals surface area contributed by atoms with Gasteiger partial charge >= 0.3 is 0 Å². The average molecular weight is 423 g/mol. The minimum absolute atomic E-state index is 0.106. The lowest BCUT2D eigenvalue weighted by molar-refractivity contribution is -0.115. The fourth-order valence-corrected chi connectivity index (χ4v) is 3.49. The number of hydrogen-bond donors (Lipinski definition) is 1. The summed E-state index contributed by atoms with van der Waals surface area (Å²) >= 11 is 6.36. The van der Waals surface area contributed by atoms with Crippen molar-refractivity contribution >= 4 is 34.2 Å². The van der Waals surface area contributed by atoms with Crippen LogP contribution in [0.25, 0.3) is 16.7 Å². The molecule has 4 aromatic rings. The highest BCUT2D eigenvalue weighted by atomic mass is 35.5. The van der Waals surface area contributed by atoms with Gasteiger partial charge in [-0.05, 0) is 48.0 Å². The van der Waals surface area contributed by atoms with E-state index in [1.165, 1.54) is 14.2 Å². The van der Waals surface area contributed by atoms with Crippen molar-refractivity contribution in [2.75, 3.05) is 19.5 Å². The molecule has 0 bridgehead atoms. The van der Waals surface area contributed by atoms with Gasteiger partial charge in [-0.1, -0.05) is 35.0 Å². The summed E-state index contributed by atoms with van der Waals surface area (Å²) in [4.78, 5) is 12.5. The number of ether oxygens (including phenoxy) is 2. The molecule has 0 radical (unpaired) electrons. The predicted molar refractivity (Wildman–Crippen MR) is 116 cm³/mol. The number of nitrogens with one attached hydrogen (secondary N) is 1. The van der Waals surface area contributed by atoms with Gasteiger partial charge in [-0.15, -0.1) is 5.10 Å². The fourth-order valence-electron chi connectivity index (χ4n) is 3.19. The second-order valence-electron chi connectivity index (χ2n) is 6.54. The van der Waals surface area contributed by atoms with E-state index < -0.39 is 0 Å². The molecular formula is C22H19ClN4O3. The Labute approximate surface area is 178 Å². The molecule has 30 heavy (non-hydrogen) atoms. The Kier molecular flexibility index (Phi) is 5.54. The maximum atomic E-state index is 12.5. The number of fused-ring (bicyclic) bond motifs is 1. The van der Waals surface area contributed by atoms with Crippen LogP contribution in [0.2, 0.25) is 5.02 Å². The predicted octanol–water partition coefficient (Wildman–Crippen LogP) is 4.27. The van der Waals surface area contributed by atoms with Gasteiger partial charge in [-0.2, -0.15) is 0 Å². The molecule has 3 aromatic carbocycles. The maximum absolute atomic E-state index is 12.5. The van der Waals surface area contributed by atoms with Crippen LogP contribution in [0.4, 0.5) is 5.69 Å². The molecule has 0 aliphatic rings. The van der Waals surface area contributed by atoms with E-state index in [0.717, 1.165) is 16.7 Å². The lowest BCUT2D eigenvalue weighted by atomic mass is 10.1. The minimum Gasteiger partial charge on any atom is -0.493 e. The van der Waals surface area contributed by atoms with Gasteiger partial charge in [-0.25, -0.2) is 4.68 Å². The van der Waals surface area contributed by atoms with Crippen molar-refractivity contribution in [3.8, 4) is 17.2 Å². The van der Waals surface area contributed by atoms with Crippen LogP contribution >= 0.6 is 11.6 Å². The third kappa shape index (κ3) is 3.79. The zero-order chi connectivity index (χ0) is 21.1. The summed E-state index contributed by atoms with van der Waals surface area (Å²) in [6.07, 6.45) is 0.106. The van der Waals surface area contributed by atoms with Crippen molar-refractivity contribution in [2.24, 2.45) is 0 Å². The molecule has 0 spiro atoms. The van der Waals surface area contributed by atoms with E-state index in [-0.39, 0.29) is 12.3 Å². The lowest BCUT2D eigenvalue weighted by Gasteiger charge is -2.13. The van der Waals surface area contributed by atoms with Crippen LogP contribution in [0, 0.1) is 0 Å². The first-order valence-corrected chi connectivity index (χ1v) is 9.58. The molecule has 8 heteroatoms. The topological polar surface area (TPSA) is 78.3 Å². The van der Waals surface area contributed by atoms with Crippen LogP contribution in [-0.4, -0.2) is 35.1 Å². The van der Waals surface area contributed by atoms with Crippen LogP contribution in [-0.2, 0) is 11.2 Å². The number of aromatic nitrogens is 3. The molecule has 7 nitrogen and oxygen atoms in total. The molecule has 1 N–H and O–H groups in total. The first-order valence-electron chi connectivity index (χ1n) is 9.21. The Bertz CT molecular complexity index is 1200. The van der Waals surface area contributed by atoms with Gasteiger partial charge in [0.25, 0.3) is 0 Å². The third-order valence-electron chi connectivity index (χ3n) is 4.66. The van der Waals surface area contributed by atoms with Crippen LogP contribution in [0.3, 0.4) is 0 Å². The maximum Gasteiger partial charge on any atom is 0.228 e. The Morgan fingerprint density at radius 1 is 1.03 bits per heavy atom. The van der Waals surface area contributed by atoms with Crippen molar-refractivity contribution in [3.05, 3.63) is 71.2 Å². The minimum atomic E-state index is -0.192.